The third kappa shape index (κ3) is 3.94. The second-order valence-corrected chi connectivity index (χ2v) is 5.30. The van der Waals surface area contributed by atoms with E-state index in [4.69, 9.17) is 11.6 Å². The number of aromatic nitrogens is 3. The average molecular weight is 348 g/mol. The predicted octanol–water partition coefficient (Wildman–Crippen LogP) is 4.16. The van der Waals surface area contributed by atoms with Crippen molar-refractivity contribution in [3.8, 4) is 0 Å². The SMILES string of the molecule is Fc1cccc(F)c1Nc1nncc(NCc2ccc(Cl)cc2)n1. The lowest BCUT2D eigenvalue weighted by atomic mass is 10.2. The zero-order valence-corrected chi connectivity index (χ0v) is 13.1. The summed E-state index contributed by atoms with van der Waals surface area (Å²) in [4.78, 5) is 4.13. The molecular formula is C16H12ClF2N5. The Bertz CT molecular complexity index is 822. The molecule has 0 spiro atoms. The van der Waals surface area contributed by atoms with Crippen LogP contribution in [-0.4, -0.2) is 15.2 Å². The molecule has 122 valence electrons. The molecule has 0 saturated carbocycles. The first-order valence-electron chi connectivity index (χ1n) is 7.01. The first-order chi connectivity index (χ1) is 11.6. The first-order valence-corrected chi connectivity index (χ1v) is 7.39. The number of nitrogens with zero attached hydrogens (tertiary/aromatic N) is 3. The van der Waals surface area contributed by atoms with Crippen molar-refractivity contribution in [3.05, 3.63) is 70.9 Å². The van der Waals surface area contributed by atoms with Gasteiger partial charge >= 0.3 is 0 Å². The molecule has 2 N–H and O–H groups in total. The van der Waals surface area contributed by atoms with Gasteiger partial charge in [0.1, 0.15) is 17.3 Å². The van der Waals surface area contributed by atoms with Crippen molar-refractivity contribution in [2.45, 2.75) is 6.54 Å². The van der Waals surface area contributed by atoms with Crippen molar-refractivity contribution in [1.82, 2.24) is 15.2 Å². The van der Waals surface area contributed by atoms with Gasteiger partial charge in [-0.1, -0.05) is 29.8 Å². The van der Waals surface area contributed by atoms with Crippen LogP contribution in [0.4, 0.5) is 26.2 Å². The smallest absolute Gasteiger partial charge is 0.249 e. The molecule has 3 aromatic rings. The monoisotopic (exact) mass is 347 g/mol. The molecule has 24 heavy (non-hydrogen) atoms. The fourth-order valence-electron chi connectivity index (χ4n) is 1.97. The molecule has 0 aliphatic rings. The number of rotatable bonds is 5. The van der Waals surface area contributed by atoms with Crippen LogP contribution in [0.15, 0.2) is 48.7 Å². The average Bonchev–Trinajstić information content (AvgIpc) is 2.58. The molecule has 8 heteroatoms. The van der Waals surface area contributed by atoms with Crippen molar-refractivity contribution in [3.63, 3.8) is 0 Å². The van der Waals surface area contributed by atoms with Crippen molar-refractivity contribution in [2.75, 3.05) is 10.6 Å². The Balaban J connectivity index is 1.71. The standard InChI is InChI=1S/C16H12ClF2N5/c17-11-6-4-10(5-7-11)8-20-14-9-21-24-16(22-14)23-15-12(18)2-1-3-13(15)19/h1-7,9H,8H2,(H2,20,22,23,24). The lowest BCUT2D eigenvalue weighted by Crippen LogP contribution is -2.07. The Labute approximate surface area is 141 Å². The van der Waals surface area contributed by atoms with Gasteiger partial charge in [0.05, 0.1) is 6.20 Å². The Kier molecular flexibility index (Phi) is 4.81. The van der Waals surface area contributed by atoms with Crippen molar-refractivity contribution in [2.24, 2.45) is 0 Å². The molecule has 2 aromatic carbocycles. The summed E-state index contributed by atoms with van der Waals surface area (Å²) in [5.74, 6) is -1.07. The minimum Gasteiger partial charge on any atom is -0.365 e. The zero-order valence-electron chi connectivity index (χ0n) is 12.3. The molecule has 0 bridgehead atoms. The van der Waals surface area contributed by atoms with Gasteiger partial charge < -0.3 is 10.6 Å². The summed E-state index contributed by atoms with van der Waals surface area (Å²) in [6.07, 6.45) is 1.42. The Morgan fingerprint density at radius 1 is 1.00 bits per heavy atom. The number of hydrogen-bond acceptors (Lipinski definition) is 5. The zero-order chi connectivity index (χ0) is 16.9. The third-order valence-electron chi connectivity index (χ3n) is 3.15. The number of nitrogens with one attached hydrogen (secondary N) is 2. The molecule has 0 aliphatic heterocycles. The summed E-state index contributed by atoms with van der Waals surface area (Å²) in [6, 6.07) is 10.9. The molecule has 1 aromatic heterocycles. The molecular weight excluding hydrogens is 336 g/mol. The van der Waals surface area contributed by atoms with E-state index in [1.807, 2.05) is 12.1 Å². The number of para-hydroxylation sites is 1. The van der Waals surface area contributed by atoms with Crippen LogP contribution in [-0.2, 0) is 6.54 Å². The summed E-state index contributed by atoms with van der Waals surface area (Å²) in [5, 5.41) is 13.7. The van der Waals surface area contributed by atoms with E-state index >= 15 is 0 Å². The van der Waals surface area contributed by atoms with Crippen LogP contribution >= 0.6 is 11.6 Å². The highest BCUT2D eigenvalue weighted by Crippen LogP contribution is 2.21. The van der Waals surface area contributed by atoms with Crippen molar-refractivity contribution in [1.29, 1.82) is 0 Å². The predicted molar refractivity (Wildman–Crippen MR) is 88.2 cm³/mol. The minimum absolute atomic E-state index is 0.0138. The van der Waals surface area contributed by atoms with E-state index in [-0.39, 0.29) is 11.6 Å². The van der Waals surface area contributed by atoms with Crippen LogP contribution in [0.3, 0.4) is 0 Å². The van der Waals surface area contributed by atoms with Crippen LogP contribution in [0.2, 0.25) is 5.02 Å². The first kappa shape index (κ1) is 16.1. The van der Waals surface area contributed by atoms with Crippen LogP contribution in [0, 0.1) is 11.6 Å². The molecule has 0 unspecified atom stereocenters. The van der Waals surface area contributed by atoms with Gasteiger partial charge in [0.15, 0.2) is 5.82 Å². The minimum atomic E-state index is -0.738. The van der Waals surface area contributed by atoms with E-state index in [9.17, 15) is 8.78 Å². The van der Waals surface area contributed by atoms with Gasteiger partial charge in [0.2, 0.25) is 5.95 Å². The van der Waals surface area contributed by atoms with Crippen LogP contribution < -0.4 is 10.6 Å². The quantitative estimate of drug-likeness (QED) is 0.725. The summed E-state index contributed by atoms with van der Waals surface area (Å²) in [6.45, 7) is 0.489. The maximum absolute atomic E-state index is 13.6. The number of halogens is 3. The van der Waals surface area contributed by atoms with E-state index < -0.39 is 11.6 Å². The molecule has 0 saturated heterocycles. The Morgan fingerprint density at radius 2 is 1.71 bits per heavy atom. The molecule has 3 rings (SSSR count). The second kappa shape index (κ2) is 7.18. The highest BCUT2D eigenvalue weighted by molar-refractivity contribution is 6.30. The van der Waals surface area contributed by atoms with E-state index in [1.165, 1.54) is 12.3 Å². The highest BCUT2D eigenvalue weighted by atomic mass is 35.5. The van der Waals surface area contributed by atoms with Gasteiger partial charge in [-0.05, 0) is 29.8 Å². The molecule has 0 radical (unpaired) electrons. The van der Waals surface area contributed by atoms with Gasteiger partial charge in [-0.3, -0.25) is 0 Å². The maximum atomic E-state index is 13.6. The Morgan fingerprint density at radius 3 is 2.42 bits per heavy atom. The van der Waals surface area contributed by atoms with Crippen LogP contribution in [0.1, 0.15) is 5.56 Å². The topological polar surface area (TPSA) is 62.7 Å². The lowest BCUT2D eigenvalue weighted by Gasteiger charge is -2.09. The van der Waals surface area contributed by atoms with Gasteiger partial charge in [-0.2, -0.15) is 10.1 Å². The number of hydrogen-bond donors (Lipinski definition) is 2. The fraction of sp³-hybridized carbons (Fsp3) is 0.0625. The Hall–Kier alpha value is -2.80. The number of benzene rings is 2. The molecule has 0 atom stereocenters. The van der Waals surface area contributed by atoms with E-state index in [0.717, 1.165) is 17.7 Å². The molecule has 0 aliphatic carbocycles. The summed E-state index contributed by atoms with van der Waals surface area (Å²) < 4.78 is 27.3. The summed E-state index contributed by atoms with van der Waals surface area (Å²) in [5.41, 5.74) is 0.668. The number of anilines is 3. The van der Waals surface area contributed by atoms with Crippen molar-refractivity contribution < 1.29 is 8.78 Å². The highest BCUT2D eigenvalue weighted by Gasteiger charge is 2.10. The van der Waals surface area contributed by atoms with Crippen LogP contribution in [0.25, 0.3) is 0 Å². The molecule has 0 fully saturated rings. The van der Waals surface area contributed by atoms with Gasteiger partial charge in [0, 0.05) is 11.6 Å². The van der Waals surface area contributed by atoms with E-state index in [2.05, 4.69) is 25.8 Å². The van der Waals surface area contributed by atoms with Gasteiger partial charge in [-0.15, -0.1) is 5.10 Å². The molecule has 1 heterocycles. The van der Waals surface area contributed by atoms with E-state index in [0.29, 0.717) is 17.4 Å². The second-order valence-electron chi connectivity index (χ2n) is 4.87. The third-order valence-corrected chi connectivity index (χ3v) is 3.40. The lowest BCUT2D eigenvalue weighted by molar-refractivity contribution is 0.590. The summed E-state index contributed by atoms with van der Waals surface area (Å²) >= 11 is 5.83. The summed E-state index contributed by atoms with van der Waals surface area (Å²) in [7, 11) is 0. The fourth-order valence-corrected chi connectivity index (χ4v) is 2.09. The van der Waals surface area contributed by atoms with Crippen LogP contribution in [0.5, 0.6) is 0 Å². The van der Waals surface area contributed by atoms with Crippen molar-refractivity contribution >= 4 is 29.1 Å². The van der Waals surface area contributed by atoms with Gasteiger partial charge in [-0.25, -0.2) is 8.78 Å². The maximum Gasteiger partial charge on any atom is 0.249 e. The molecule has 5 nitrogen and oxygen atoms in total. The molecule has 0 amide bonds. The van der Waals surface area contributed by atoms with E-state index in [1.54, 1.807) is 12.1 Å². The largest absolute Gasteiger partial charge is 0.365 e. The van der Waals surface area contributed by atoms with Gasteiger partial charge in [0.25, 0.3) is 0 Å². The normalized spacial score (nSPS) is 10.5.